The van der Waals surface area contributed by atoms with Crippen LogP contribution in [0.5, 0.6) is 0 Å². The second kappa shape index (κ2) is 4.53. The zero-order valence-electron chi connectivity index (χ0n) is 8.16. The summed E-state index contributed by atoms with van der Waals surface area (Å²) in [7, 11) is 0. The fourth-order valence-corrected chi connectivity index (χ4v) is 1.36. The highest BCUT2D eigenvalue weighted by molar-refractivity contribution is 5.64. The van der Waals surface area contributed by atoms with Crippen molar-refractivity contribution in [2.24, 2.45) is 5.41 Å². The van der Waals surface area contributed by atoms with Crippen molar-refractivity contribution in [2.75, 3.05) is 13.2 Å². The molecule has 1 heterocycles. The van der Waals surface area contributed by atoms with Gasteiger partial charge in [-0.25, -0.2) is 0 Å². The Balaban J connectivity index is 2.66. The molecule has 0 aromatic heterocycles. The van der Waals surface area contributed by atoms with Crippen LogP contribution >= 0.6 is 0 Å². The van der Waals surface area contributed by atoms with E-state index < -0.39 is 0 Å². The standard InChI is InChI=1S/C10H16O3/c1-3-10(2,5-4-6-11)9-12-7-8-13-9/h4-6,9H,3,7-8H2,1-2H3/b5-4+. The van der Waals surface area contributed by atoms with Gasteiger partial charge in [-0.15, -0.1) is 0 Å². The first-order chi connectivity index (χ1) is 6.23. The third kappa shape index (κ3) is 2.39. The molecule has 13 heavy (non-hydrogen) atoms. The van der Waals surface area contributed by atoms with Crippen LogP contribution in [0.15, 0.2) is 12.2 Å². The first-order valence-corrected chi connectivity index (χ1v) is 4.59. The van der Waals surface area contributed by atoms with E-state index >= 15 is 0 Å². The molecule has 1 aliphatic heterocycles. The normalized spacial score (nSPS) is 23.5. The number of allylic oxidation sites excluding steroid dienone is 1. The third-order valence-corrected chi connectivity index (χ3v) is 2.48. The Kier molecular flexibility index (Phi) is 3.63. The Morgan fingerprint density at radius 1 is 1.46 bits per heavy atom. The maximum absolute atomic E-state index is 10.2. The Labute approximate surface area is 78.7 Å². The van der Waals surface area contributed by atoms with Crippen LogP contribution in [0.4, 0.5) is 0 Å². The van der Waals surface area contributed by atoms with E-state index in [0.29, 0.717) is 13.2 Å². The summed E-state index contributed by atoms with van der Waals surface area (Å²) in [5.41, 5.74) is -0.183. The van der Waals surface area contributed by atoms with Crippen molar-refractivity contribution in [3.8, 4) is 0 Å². The Bertz CT molecular complexity index is 194. The molecule has 1 saturated heterocycles. The first kappa shape index (κ1) is 10.4. The summed E-state index contributed by atoms with van der Waals surface area (Å²) in [5, 5.41) is 0. The molecule has 0 aliphatic carbocycles. The van der Waals surface area contributed by atoms with E-state index in [9.17, 15) is 4.79 Å². The first-order valence-electron chi connectivity index (χ1n) is 4.59. The zero-order valence-corrected chi connectivity index (χ0v) is 8.16. The van der Waals surface area contributed by atoms with Crippen LogP contribution in [0, 0.1) is 5.41 Å². The number of hydrogen-bond acceptors (Lipinski definition) is 3. The molecule has 1 fully saturated rings. The van der Waals surface area contributed by atoms with Crippen LogP contribution in [0.1, 0.15) is 20.3 Å². The summed E-state index contributed by atoms with van der Waals surface area (Å²) >= 11 is 0. The third-order valence-electron chi connectivity index (χ3n) is 2.48. The quantitative estimate of drug-likeness (QED) is 0.491. The molecule has 0 radical (unpaired) electrons. The number of ether oxygens (including phenoxy) is 2. The molecule has 1 rings (SSSR count). The van der Waals surface area contributed by atoms with Crippen molar-refractivity contribution in [1.29, 1.82) is 0 Å². The summed E-state index contributed by atoms with van der Waals surface area (Å²) in [6.07, 6.45) is 4.84. The van der Waals surface area contributed by atoms with Gasteiger partial charge in [0.2, 0.25) is 0 Å². The fourth-order valence-electron chi connectivity index (χ4n) is 1.36. The van der Waals surface area contributed by atoms with Crippen molar-refractivity contribution < 1.29 is 14.3 Å². The molecule has 0 aromatic carbocycles. The molecular weight excluding hydrogens is 168 g/mol. The topological polar surface area (TPSA) is 35.5 Å². The van der Waals surface area contributed by atoms with Crippen LogP contribution in [0.25, 0.3) is 0 Å². The number of rotatable bonds is 4. The molecule has 0 aromatic rings. The molecule has 74 valence electrons. The van der Waals surface area contributed by atoms with Gasteiger partial charge in [0.15, 0.2) is 6.29 Å². The number of carbonyl (C=O) groups is 1. The van der Waals surface area contributed by atoms with E-state index in [-0.39, 0.29) is 11.7 Å². The molecule has 0 bridgehead atoms. The van der Waals surface area contributed by atoms with Crippen LogP contribution < -0.4 is 0 Å². The van der Waals surface area contributed by atoms with Gasteiger partial charge in [0.25, 0.3) is 0 Å². The van der Waals surface area contributed by atoms with Crippen molar-refractivity contribution in [3.63, 3.8) is 0 Å². The minimum absolute atomic E-state index is 0.183. The average molecular weight is 184 g/mol. The van der Waals surface area contributed by atoms with Gasteiger partial charge in [0.05, 0.1) is 13.2 Å². The van der Waals surface area contributed by atoms with E-state index in [4.69, 9.17) is 9.47 Å². The minimum Gasteiger partial charge on any atom is -0.349 e. The van der Waals surface area contributed by atoms with Gasteiger partial charge in [-0.05, 0) is 12.5 Å². The van der Waals surface area contributed by atoms with Gasteiger partial charge in [-0.3, -0.25) is 4.79 Å². The highest BCUT2D eigenvalue weighted by atomic mass is 16.7. The van der Waals surface area contributed by atoms with Gasteiger partial charge in [-0.1, -0.05) is 19.9 Å². The van der Waals surface area contributed by atoms with Crippen molar-refractivity contribution in [1.82, 2.24) is 0 Å². The van der Waals surface area contributed by atoms with Crippen LogP contribution in [-0.2, 0) is 14.3 Å². The minimum atomic E-state index is -0.200. The molecule has 3 heteroatoms. The number of hydrogen-bond donors (Lipinski definition) is 0. The monoisotopic (exact) mass is 184 g/mol. The summed E-state index contributed by atoms with van der Waals surface area (Å²) in [5.74, 6) is 0. The molecule has 1 aliphatic rings. The lowest BCUT2D eigenvalue weighted by Gasteiger charge is -2.29. The lowest BCUT2D eigenvalue weighted by atomic mass is 9.86. The van der Waals surface area contributed by atoms with Crippen molar-refractivity contribution in [3.05, 3.63) is 12.2 Å². The lowest BCUT2D eigenvalue weighted by molar-refractivity contribution is -0.109. The molecule has 1 unspecified atom stereocenters. The molecule has 0 saturated carbocycles. The Hall–Kier alpha value is -0.670. The predicted octanol–water partition coefficient (Wildman–Crippen LogP) is 1.53. The fraction of sp³-hybridized carbons (Fsp3) is 0.700. The Morgan fingerprint density at radius 3 is 2.54 bits per heavy atom. The summed E-state index contributed by atoms with van der Waals surface area (Å²) in [6, 6.07) is 0. The van der Waals surface area contributed by atoms with E-state index in [0.717, 1.165) is 12.7 Å². The van der Waals surface area contributed by atoms with E-state index in [2.05, 4.69) is 6.92 Å². The maximum atomic E-state index is 10.2. The van der Waals surface area contributed by atoms with Gasteiger partial charge in [0.1, 0.15) is 6.29 Å². The lowest BCUT2D eigenvalue weighted by Crippen LogP contribution is -2.30. The van der Waals surface area contributed by atoms with Crippen LogP contribution in [0.2, 0.25) is 0 Å². The molecule has 1 atom stereocenters. The molecular formula is C10H16O3. The second-order valence-electron chi connectivity index (χ2n) is 3.43. The molecule has 3 nitrogen and oxygen atoms in total. The van der Waals surface area contributed by atoms with Crippen molar-refractivity contribution in [2.45, 2.75) is 26.6 Å². The van der Waals surface area contributed by atoms with Crippen LogP contribution in [-0.4, -0.2) is 25.8 Å². The van der Waals surface area contributed by atoms with Gasteiger partial charge >= 0.3 is 0 Å². The predicted molar refractivity (Wildman–Crippen MR) is 49.3 cm³/mol. The SMILES string of the molecule is CCC(C)(/C=C/C=O)C1OCCO1. The maximum Gasteiger partial charge on any atom is 0.166 e. The van der Waals surface area contributed by atoms with Crippen LogP contribution in [0.3, 0.4) is 0 Å². The second-order valence-corrected chi connectivity index (χ2v) is 3.43. The van der Waals surface area contributed by atoms with E-state index in [1.54, 1.807) is 0 Å². The highest BCUT2D eigenvalue weighted by Gasteiger charge is 2.34. The molecule has 0 spiro atoms. The van der Waals surface area contributed by atoms with E-state index in [1.165, 1.54) is 6.08 Å². The van der Waals surface area contributed by atoms with Crippen molar-refractivity contribution >= 4 is 6.29 Å². The summed E-state index contributed by atoms with van der Waals surface area (Å²) in [6.45, 7) is 5.38. The molecule has 0 amide bonds. The number of aldehydes is 1. The molecule has 0 N–H and O–H groups in total. The highest BCUT2D eigenvalue weighted by Crippen LogP contribution is 2.32. The Morgan fingerprint density at radius 2 is 2.08 bits per heavy atom. The van der Waals surface area contributed by atoms with Gasteiger partial charge in [-0.2, -0.15) is 0 Å². The number of carbonyl (C=O) groups excluding carboxylic acids is 1. The zero-order chi connectivity index (χ0) is 9.73. The summed E-state index contributed by atoms with van der Waals surface area (Å²) < 4.78 is 10.8. The smallest absolute Gasteiger partial charge is 0.166 e. The largest absolute Gasteiger partial charge is 0.349 e. The van der Waals surface area contributed by atoms with Gasteiger partial charge in [0, 0.05) is 5.41 Å². The van der Waals surface area contributed by atoms with E-state index in [1.807, 2.05) is 13.0 Å². The van der Waals surface area contributed by atoms with Gasteiger partial charge < -0.3 is 9.47 Å². The summed E-state index contributed by atoms with van der Waals surface area (Å²) in [4.78, 5) is 10.2. The average Bonchev–Trinajstić information content (AvgIpc) is 2.67.